The summed E-state index contributed by atoms with van der Waals surface area (Å²) >= 11 is 4.27. The molecule has 0 spiro atoms. The zero-order valence-electron chi connectivity index (χ0n) is 14.3. The standard InChI is InChI=1S/C24H14INS/c25-15-6-5-7-16(12-15)26-21-10-3-1-8-17(21)19-13-20-18-9-2-4-11-23(18)27-24(20)14-22(19)26/h1-14H. The van der Waals surface area contributed by atoms with Crippen LogP contribution in [0.15, 0.2) is 84.9 Å². The van der Waals surface area contributed by atoms with E-state index in [4.69, 9.17) is 0 Å². The van der Waals surface area contributed by atoms with Crippen molar-refractivity contribution in [3.05, 3.63) is 88.5 Å². The summed E-state index contributed by atoms with van der Waals surface area (Å²) in [5.41, 5.74) is 3.75. The molecule has 0 aliphatic heterocycles. The fourth-order valence-electron chi connectivity index (χ4n) is 4.08. The fraction of sp³-hybridized carbons (Fsp3) is 0. The summed E-state index contributed by atoms with van der Waals surface area (Å²) in [6.45, 7) is 0. The van der Waals surface area contributed by atoms with Crippen LogP contribution in [0.2, 0.25) is 0 Å². The highest BCUT2D eigenvalue weighted by atomic mass is 127. The molecule has 0 unspecified atom stereocenters. The van der Waals surface area contributed by atoms with Gasteiger partial charge in [-0.25, -0.2) is 0 Å². The highest BCUT2D eigenvalue weighted by molar-refractivity contribution is 14.1. The first-order valence-electron chi connectivity index (χ1n) is 8.90. The zero-order chi connectivity index (χ0) is 18.0. The molecule has 0 amide bonds. The molecule has 128 valence electrons. The lowest BCUT2D eigenvalue weighted by Gasteiger charge is -2.08. The lowest BCUT2D eigenvalue weighted by molar-refractivity contribution is 1.18. The maximum atomic E-state index is 2.40. The number of nitrogens with zero attached hydrogens (tertiary/aromatic N) is 1. The quantitative estimate of drug-likeness (QED) is 0.214. The minimum Gasteiger partial charge on any atom is -0.309 e. The molecule has 0 saturated carbocycles. The molecule has 0 N–H and O–H groups in total. The predicted molar refractivity (Wildman–Crippen MR) is 126 cm³/mol. The third kappa shape index (κ3) is 2.28. The summed E-state index contributed by atoms with van der Waals surface area (Å²) in [6, 6.07) is 30.9. The number of halogens is 1. The minimum atomic E-state index is 1.22. The monoisotopic (exact) mass is 475 g/mol. The van der Waals surface area contributed by atoms with Gasteiger partial charge in [0.15, 0.2) is 0 Å². The molecule has 0 fully saturated rings. The van der Waals surface area contributed by atoms with E-state index in [2.05, 4.69) is 112 Å². The number of rotatable bonds is 1. The summed E-state index contributed by atoms with van der Waals surface area (Å²) in [4.78, 5) is 0. The minimum absolute atomic E-state index is 1.22. The van der Waals surface area contributed by atoms with Crippen molar-refractivity contribution in [2.24, 2.45) is 0 Å². The summed E-state index contributed by atoms with van der Waals surface area (Å²) in [6.07, 6.45) is 0. The van der Waals surface area contributed by atoms with Gasteiger partial charge in [-0.15, -0.1) is 11.3 Å². The highest BCUT2D eigenvalue weighted by Gasteiger charge is 2.15. The van der Waals surface area contributed by atoms with Gasteiger partial charge in [0, 0.05) is 40.2 Å². The Hall–Kier alpha value is -2.37. The topological polar surface area (TPSA) is 4.93 Å². The smallest absolute Gasteiger partial charge is 0.0555 e. The van der Waals surface area contributed by atoms with Crippen molar-refractivity contribution in [1.29, 1.82) is 0 Å². The van der Waals surface area contributed by atoms with Crippen LogP contribution in [0.3, 0.4) is 0 Å². The van der Waals surface area contributed by atoms with E-state index in [1.807, 2.05) is 11.3 Å². The average Bonchev–Trinajstić information content (AvgIpc) is 3.21. The highest BCUT2D eigenvalue weighted by Crippen LogP contribution is 2.40. The van der Waals surface area contributed by atoms with E-state index in [1.54, 1.807) is 0 Å². The molecule has 0 atom stereocenters. The van der Waals surface area contributed by atoms with Gasteiger partial charge >= 0.3 is 0 Å². The maximum Gasteiger partial charge on any atom is 0.0555 e. The van der Waals surface area contributed by atoms with Crippen LogP contribution in [0.1, 0.15) is 0 Å². The molecule has 4 aromatic carbocycles. The van der Waals surface area contributed by atoms with Gasteiger partial charge in [-0.1, -0.05) is 42.5 Å². The lowest BCUT2D eigenvalue weighted by Crippen LogP contribution is -1.93. The third-order valence-electron chi connectivity index (χ3n) is 5.24. The van der Waals surface area contributed by atoms with E-state index in [0.717, 1.165) is 0 Å². The van der Waals surface area contributed by atoms with Crippen molar-refractivity contribution >= 4 is 75.9 Å². The van der Waals surface area contributed by atoms with Crippen LogP contribution >= 0.6 is 33.9 Å². The fourth-order valence-corrected chi connectivity index (χ4v) is 5.73. The Kier molecular flexibility index (Phi) is 3.37. The molecule has 0 aliphatic carbocycles. The molecular formula is C24H14INS. The van der Waals surface area contributed by atoms with Crippen molar-refractivity contribution in [3.63, 3.8) is 0 Å². The Bertz CT molecular complexity index is 1490. The largest absolute Gasteiger partial charge is 0.309 e. The van der Waals surface area contributed by atoms with Crippen molar-refractivity contribution in [2.45, 2.75) is 0 Å². The van der Waals surface area contributed by atoms with Gasteiger partial charge in [-0.05, 0) is 65.1 Å². The van der Waals surface area contributed by atoms with Gasteiger partial charge in [-0.3, -0.25) is 0 Å². The van der Waals surface area contributed by atoms with Gasteiger partial charge in [-0.2, -0.15) is 0 Å². The van der Waals surface area contributed by atoms with Crippen LogP contribution in [-0.2, 0) is 0 Å². The number of benzene rings is 4. The number of thiophene rings is 1. The van der Waals surface area contributed by atoms with E-state index in [1.165, 1.54) is 51.2 Å². The molecule has 1 nitrogen and oxygen atoms in total. The number of hydrogen-bond donors (Lipinski definition) is 0. The van der Waals surface area contributed by atoms with Crippen LogP contribution in [0.4, 0.5) is 0 Å². The molecule has 2 heterocycles. The van der Waals surface area contributed by atoms with Crippen LogP contribution in [-0.4, -0.2) is 4.57 Å². The molecule has 27 heavy (non-hydrogen) atoms. The van der Waals surface area contributed by atoms with E-state index < -0.39 is 0 Å². The summed E-state index contributed by atoms with van der Waals surface area (Å²) in [5, 5.41) is 5.34. The van der Waals surface area contributed by atoms with E-state index >= 15 is 0 Å². The average molecular weight is 475 g/mol. The molecule has 0 aliphatic rings. The Labute approximate surface area is 174 Å². The van der Waals surface area contributed by atoms with Crippen LogP contribution < -0.4 is 0 Å². The van der Waals surface area contributed by atoms with Crippen molar-refractivity contribution < 1.29 is 0 Å². The van der Waals surface area contributed by atoms with E-state index in [-0.39, 0.29) is 0 Å². The lowest BCUT2D eigenvalue weighted by atomic mass is 10.1. The van der Waals surface area contributed by atoms with Crippen LogP contribution in [0.25, 0.3) is 47.7 Å². The Balaban J connectivity index is 1.83. The number of hydrogen-bond acceptors (Lipinski definition) is 1. The molecule has 2 aromatic heterocycles. The Morgan fingerprint density at radius 3 is 2.30 bits per heavy atom. The molecule has 3 heteroatoms. The zero-order valence-corrected chi connectivity index (χ0v) is 17.3. The second-order valence-corrected chi connectivity index (χ2v) is 9.13. The maximum absolute atomic E-state index is 2.40. The van der Waals surface area contributed by atoms with Crippen molar-refractivity contribution in [1.82, 2.24) is 4.57 Å². The van der Waals surface area contributed by atoms with Crippen molar-refractivity contribution in [3.8, 4) is 5.69 Å². The molecular weight excluding hydrogens is 461 g/mol. The first-order chi connectivity index (χ1) is 13.3. The number of fused-ring (bicyclic) bond motifs is 6. The first kappa shape index (κ1) is 15.7. The van der Waals surface area contributed by atoms with Gasteiger partial charge in [0.1, 0.15) is 0 Å². The molecule has 6 aromatic rings. The van der Waals surface area contributed by atoms with Gasteiger partial charge in [0.25, 0.3) is 0 Å². The van der Waals surface area contributed by atoms with Gasteiger partial charge < -0.3 is 4.57 Å². The summed E-state index contributed by atoms with van der Waals surface area (Å²) in [5.74, 6) is 0. The predicted octanol–water partition coefficient (Wildman–Crippen LogP) is 7.76. The Morgan fingerprint density at radius 2 is 1.41 bits per heavy atom. The number of para-hydroxylation sites is 1. The van der Waals surface area contributed by atoms with Crippen molar-refractivity contribution in [2.75, 3.05) is 0 Å². The molecule has 0 saturated heterocycles. The normalized spacial score (nSPS) is 11.9. The Morgan fingerprint density at radius 1 is 0.593 bits per heavy atom. The second kappa shape index (κ2) is 5.81. The van der Waals surface area contributed by atoms with E-state index in [0.29, 0.717) is 0 Å². The van der Waals surface area contributed by atoms with Crippen LogP contribution in [0, 0.1) is 3.57 Å². The summed E-state index contributed by atoms with van der Waals surface area (Å²) in [7, 11) is 0. The van der Waals surface area contributed by atoms with Crippen LogP contribution in [0.5, 0.6) is 0 Å². The third-order valence-corrected chi connectivity index (χ3v) is 7.04. The summed E-state index contributed by atoms with van der Waals surface area (Å²) < 4.78 is 6.35. The molecule has 6 rings (SSSR count). The second-order valence-electron chi connectivity index (χ2n) is 6.80. The van der Waals surface area contributed by atoms with Gasteiger partial charge in [0.2, 0.25) is 0 Å². The van der Waals surface area contributed by atoms with Gasteiger partial charge in [0.05, 0.1) is 11.0 Å². The number of aromatic nitrogens is 1. The van der Waals surface area contributed by atoms with E-state index in [9.17, 15) is 0 Å². The first-order valence-corrected chi connectivity index (χ1v) is 10.8. The molecule has 0 radical (unpaired) electrons. The SMILES string of the molecule is Ic1cccc(-n2c3ccccc3c3cc4c(cc32)sc2ccccc24)c1. The molecule has 0 bridgehead atoms.